The first-order chi connectivity index (χ1) is 27.0. The van der Waals surface area contributed by atoms with Crippen molar-refractivity contribution in [1.29, 1.82) is 0 Å². The fraction of sp³-hybridized carbons (Fsp3) is 0.368. The Kier molecular flexibility index (Phi) is 10.6. The van der Waals surface area contributed by atoms with Gasteiger partial charge in [0.25, 0.3) is 17.7 Å². The summed E-state index contributed by atoms with van der Waals surface area (Å²) in [5.74, 6) is -1.11. The van der Waals surface area contributed by atoms with Gasteiger partial charge in [0.1, 0.15) is 29.7 Å². The molecule has 6 amide bonds. The van der Waals surface area contributed by atoms with Crippen LogP contribution in [0.3, 0.4) is 0 Å². The highest BCUT2D eigenvalue weighted by molar-refractivity contribution is 6.25. The Morgan fingerprint density at radius 1 is 1.00 bits per heavy atom. The van der Waals surface area contributed by atoms with Gasteiger partial charge in [0.15, 0.2) is 5.82 Å². The Balaban J connectivity index is 0.971. The molecule has 0 spiro atoms. The lowest BCUT2D eigenvalue weighted by Gasteiger charge is -2.27. The van der Waals surface area contributed by atoms with Gasteiger partial charge in [-0.2, -0.15) is 0 Å². The van der Waals surface area contributed by atoms with Crippen LogP contribution in [0.2, 0.25) is 0 Å². The number of carbonyl (C=O) groups excluding carboxylic acids is 6. The first-order valence-electron chi connectivity index (χ1n) is 18.4. The van der Waals surface area contributed by atoms with E-state index in [1.54, 1.807) is 35.5 Å². The maximum absolute atomic E-state index is 13.9. The first-order valence-corrected chi connectivity index (χ1v) is 18.4. The number of fused-ring (bicyclic) bond motifs is 2. The minimum atomic E-state index is -1.07. The van der Waals surface area contributed by atoms with Crippen LogP contribution in [0.25, 0.3) is 11.5 Å². The van der Waals surface area contributed by atoms with E-state index in [9.17, 15) is 28.8 Å². The van der Waals surface area contributed by atoms with Crippen LogP contribution >= 0.6 is 0 Å². The third-order valence-electron chi connectivity index (χ3n) is 10.1. The van der Waals surface area contributed by atoms with Gasteiger partial charge in [-0.25, -0.2) is 9.97 Å². The number of rotatable bonds is 14. The minimum absolute atomic E-state index is 0.0290. The molecule has 1 saturated heterocycles. The monoisotopic (exact) mass is 762 g/mol. The summed E-state index contributed by atoms with van der Waals surface area (Å²) in [7, 11) is 1.91. The molecule has 0 aliphatic carbocycles. The quantitative estimate of drug-likeness (QED) is 0.106. The van der Waals surface area contributed by atoms with Crippen LogP contribution < -0.4 is 31.1 Å². The van der Waals surface area contributed by atoms with Gasteiger partial charge >= 0.3 is 0 Å². The van der Waals surface area contributed by atoms with Gasteiger partial charge in [-0.1, -0.05) is 12.1 Å². The van der Waals surface area contributed by atoms with E-state index in [4.69, 9.17) is 9.97 Å². The number of aryl methyl sites for hydroxylation is 1. The van der Waals surface area contributed by atoms with Crippen molar-refractivity contribution in [1.82, 2.24) is 45.6 Å². The molecule has 56 heavy (non-hydrogen) atoms. The first kappa shape index (κ1) is 37.7. The number of hydrogen-bond acceptors (Lipinski definition) is 13. The van der Waals surface area contributed by atoms with E-state index in [0.717, 1.165) is 10.5 Å². The summed E-state index contributed by atoms with van der Waals surface area (Å²) in [4.78, 5) is 91.5. The van der Waals surface area contributed by atoms with Gasteiger partial charge in [0.05, 0.1) is 35.5 Å². The summed E-state index contributed by atoms with van der Waals surface area (Å²) in [6, 6.07) is 11.1. The molecule has 0 bridgehead atoms. The number of amides is 6. The number of imide groups is 2. The number of hydrogen-bond donors (Lipinski definition) is 4. The topological polar surface area (TPSA) is 217 Å². The highest BCUT2D eigenvalue weighted by atomic mass is 16.2. The van der Waals surface area contributed by atoms with Crippen molar-refractivity contribution in [3.8, 4) is 11.5 Å². The van der Waals surface area contributed by atoms with Gasteiger partial charge in [0.2, 0.25) is 17.7 Å². The van der Waals surface area contributed by atoms with Gasteiger partial charge in [-0.3, -0.25) is 43.9 Å². The Hall–Kier alpha value is -6.56. The van der Waals surface area contributed by atoms with E-state index >= 15 is 0 Å². The number of pyridine rings is 2. The zero-order valence-corrected chi connectivity index (χ0v) is 31.5. The number of piperidine rings is 1. The second-order valence-corrected chi connectivity index (χ2v) is 13.9. The van der Waals surface area contributed by atoms with Gasteiger partial charge in [-0.05, 0) is 57.5 Å². The second kappa shape index (κ2) is 15.7. The highest BCUT2D eigenvalue weighted by Crippen LogP contribution is 2.34. The normalized spacial score (nSPS) is 16.4. The molecular weight excluding hydrogens is 720 g/mol. The van der Waals surface area contributed by atoms with Crippen molar-refractivity contribution in [2.75, 3.05) is 41.8 Å². The Morgan fingerprint density at radius 3 is 2.57 bits per heavy atom. The number of nitrogens with zero attached hydrogens (tertiary/aromatic N) is 8. The largest absolute Gasteiger partial charge is 0.383 e. The van der Waals surface area contributed by atoms with Crippen molar-refractivity contribution < 1.29 is 28.8 Å². The van der Waals surface area contributed by atoms with Crippen molar-refractivity contribution in [3.05, 3.63) is 76.7 Å². The molecule has 3 aromatic heterocycles. The smallest absolute Gasteiger partial charge is 0.264 e. The molecule has 3 aliphatic heterocycles. The lowest BCUT2D eigenvalue weighted by molar-refractivity contribution is -0.136. The molecule has 0 radical (unpaired) electrons. The summed E-state index contributed by atoms with van der Waals surface area (Å²) >= 11 is 0. The Morgan fingerprint density at radius 2 is 1.80 bits per heavy atom. The molecule has 1 atom stereocenters. The van der Waals surface area contributed by atoms with Crippen molar-refractivity contribution >= 4 is 52.8 Å². The van der Waals surface area contributed by atoms with E-state index < -0.39 is 29.7 Å². The second-order valence-electron chi connectivity index (χ2n) is 13.9. The molecule has 1 unspecified atom stereocenters. The van der Waals surface area contributed by atoms with Crippen LogP contribution in [0.1, 0.15) is 75.9 Å². The zero-order chi connectivity index (χ0) is 39.7. The Labute approximate surface area is 322 Å². The number of benzene rings is 1. The third kappa shape index (κ3) is 7.17. The standard InChI is InChI=1S/C38H42N12O6/c1-5-48-20-42-46-34(48)26-10-7-11-29(43-26)49-19-24-23(36(49)54)16-30(47(4)21(2)3)44-27(24)17-39-18-32(52)41-15-14-40-25-9-6-8-22-33(25)38(56)50(37(22)55)28-12-13-31(51)45-35(28)53/h6-11,16,20-21,28,39-40H,5,12-15,17-19H2,1-4H3,(H,41,52)(H,45,51,53). The van der Waals surface area contributed by atoms with Crippen molar-refractivity contribution in [2.24, 2.45) is 0 Å². The van der Waals surface area contributed by atoms with E-state index in [1.807, 2.05) is 49.4 Å². The Bertz CT molecular complexity index is 2250. The van der Waals surface area contributed by atoms with E-state index in [-0.39, 0.29) is 74.5 Å². The third-order valence-corrected chi connectivity index (χ3v) is 10.1. The lowest BCUT2D eigenvalue weighted by Crippen LogP contribution is -2.54. The zero-order valence-electron chi connectivity index (χ0n) is 31.5. The van der Waals surface area contributed by atoms with Crippen LogP contribution in [0.15, 0.2) is 48.8 Å². The van der Waals surface area contributed by atoms with Crippen LogP contribution in [0, 0.1) is 0 Å². The van der Waals surface area contributed by atoms with Crippen LogP contribution in [0.4, 0.5) is 17.3 Å². The van der Waals surface area contributed by atoms with Crippen LogP contribution in [0.5, 0.6) is 0 Å². The predicted molar refractivity (Wildman–Crippen MR) is 204 cm³/mol. The van der Waals surface area contributed by atoms with E-state index in [0.29, 0.717) is 46.6 Å². The molecule has 1 aromatic carbocycles. The predicted octanol–water partition coefficient (Wildman–Crippen LogP) is 1.48. The maximum Gasteiger partial charge on any atom is 0.264 e. The molecule has 290 valence electrons. The summed E-state index contributed by atoms with van der Waals surface area (Å²) in [6.07, 6.45) is 1.73. The number of nitrogens with one attached hydrogen (secondary N) is 4. The summed E-state index contributed by atoms with van der Waals surface area (Å²) in [6.45, 7) is 7.60. The molecule has 18 nitrogen and oxygen atoms in total. The average Bonchev–Trinajstić information content (AvgIpc) is 3.87. The minimum Gasteiger partial charge on any atom is -0.383 e. The maximum atomic E-state index is 13.9. The number of aromatic nitrogens is 5. The molecule has 0 saturated carbocycles. The summed E-state index contributed by atoms with van der Waals surface area (Å²) < 4.78 is 1.88. The van der Waals surface area contributed by atoms with E-state index in [2.05, 4.69) is 31.5 Å². The highest BCUT2D eigenvalue weighted by Gasteiger charge is 2.45. The number of carbonyl (C=O) groups is 6. The fourth-order valence-electron chi connectivity index (χ4n) is 6.93. The average molecular weight is 763 g/mol. The van der Waals surface area contributed by atoms with Crippen LogP contribution in [-0.4, -0.2) is 104 Å². The molecule has 4 N–H and O–H groups in total. The van der Waals surface area contributed by atoms with Gasteiger partial charge in [0, 0.05) is 56.9 Å². The van der Waals surface area contributed by atoms with Crippen molar-refractivity contribution in [3.63, 3.8) is 0 Å². The number of anilines is 3. The van der Waals surface area contributed by atoms with Crippen LogP contribution in [-0.2, 0) is 34.0 Å². The molecule has 1 fully saturated rings. The van der Waals surface area contributed by atoms with Crippen molar-refractivity contribution in [2.45, 2.75) is 65.3 Å². The molecular formula is C38H42N12O6. The SMILES string of the molecule is CCn1cnnc1-c1cccc(N2Cc3c(cc(N(C)C(C)C)nc3CNCC(=O)NCCNc3cccc4c3C(=O)N(C3CCC(=O)NC3=O)C4=O)C2=O)n1. The molecule has 4 aromatic rings. The fourth-order valence-corrected chi connectivity index (χ4v) is 6.93. The van der Waals surface area contributed by atoms with Gasteiger partial charge in [-0.15, -0.1) is 10.2 Å². The van der Waals surface area contributed by atoms with E-state index in [1.165, 1.54) is 6.07 Å². The summed E-state index contributed by atoms with van der Waals surface area (Å²) in [5, 5.41) is 19.5. The molecule has 7 rings (SSSR count). The molecule has 6 heterocycles. The summed E-state index contributed by atoms with van der Waals surface area (Å²) in [5.41, 5.74) is 3.20. The molecule has 3 aliphatic rings. The lowest BCUT2D eigenvalue weighted by atomic mass is 10.0. The molecule has 18 heteroatoms. The van der Waals surface area contributed by atoms with Gasteiger partial charge < -0.3 is 25.4 Å².